The highest BCUT2D eigenvalue weighted by Crippen LogP contribution is 2.45. The summed E-state index contributed by atoms with van der Waals surface area (Å²) in [4.78, 5) is 39.0. The predicted octanol–water partition coefficient (Wildman–Crippen LogP) is 3.55. The quantitative estimate of drug-likeness (QED) is 0.385. The maximum Gasteiger partial charge on any atom is 0.374 e. The SMILES string of the molecule is CCOC(=O)/C(=C/[C@@H](c1ccc(OC)cc1)[C@@H]1C(=O)N(C)c2ccccc21)OC(C)=O. The van der Waals surface area contributed by atoms with Crippen molar-refractivity contribution in [1.82, 2.24) is 0 Å². The number of carbonyl (C=O) groups is 3. The van der Waals surface area contributed by atoms with Gasteiger partial charge in [-0.2, -0.15) is 0 Å². The first-order valence-corrected chi connectivity index (χ1v) is 9.95. The number of amides is 1. The van der Waals surface area contributed by atoms with E-state index in [9.17, 15) is 14.4 Å². The van der Waals surface area contributed by atoms with Gasteiger partial charge in [0.15, 0.2) is 0 Å². The fourth-order valence-electron chi connectivity index (χ4n) is 3.74. The first-order chi connectivity index (χ1) is 14.9. The Hall–Kier alpha value is -3.61. The fraction of sp³-hybridized carbons (Fsp3) is 0.292. The number of para-hydroxylation sites is 1. The summed E-state index contributed by atoms with van der Waals surface area (Å²) in [5.41, 5.74) is 2.39. The molecule has 1 heterocycles. The molecule has 1 aliphatic heterocycles. The summed E-state index contributed by atoms with van der Waals surface area (Å²) >= 11 is 0. The lowest BCUT2D eigenvalue weighted by molar-refractivity contribution is -0.150. The summed E-state index contributed by atoms with van der Waals surface area (Å²) in [7, 11) is 3.28. The lowest BCUT2D eigenvalue weighted by atomic mass is 9.81. The zero-order valence-corrected chi connectivity index (χ0v) is 18.0. The van der Waals surface area contributed by atoms with Gasteiger partial charge in [0, 0.05) is 25.6 Å². The number of anilines is 1. The van der Waals surface area contributed by atoms with Crippen LogP contribution in [-0.2, 0) is 23.9 Å². The minimum Gasteiger partial charge on any atom is -0.497 e. The normalized spacial score (nSPS) is 16.5. The third-order valence-corrected chi connectivity index (χ3v) is 5.15. The first kappa shape index (κ1) is 22.1. The summed E-state index contributed by atoms with van der Waals surface area (Å²) in [5.74, 6) is -2.30. The maximum atomic E-state index is 13.2. The van der Waals surface area contributed by atoms with Gasteiger partial charge in [0.05, 0.1) is 19.6 Å². The number of benzene rings is 2. The molecule has 0 fully saturated rings. The Labute approximate surface area is 181 Å². The largest absolute Gasteiger partial charge is 0.497 e. The van der Waals surface area contributed by atoms with Gasteiger partial charge in [0.1, 0.15) is 5.75 Å². The second-order valence-electron chi connectivity index (χ2n) is 7.08. The molecule has 0 saturated heterocycles. The Morgan fingerprint density at radius 2 is 1.81 bits per heavy atom. The van der Waals surface area contributed by atoms with Crippen LogP contribution in [0.1, 0.15) is 36.8 Å². The van der Waals surface area contributed by atoms with E-state index in [2.05, 4.69) is 0 Å². The molecule has 162 valence electrons. The van der Waals surface area contributed by atoms with Crippen LogP contribution in [0.4, 0.5) is 5.69 Å². The highest BCUT2D eigenvalue weighted by Gasteiger charge is 2.40. The lowest BCUT2D eigenvalue weighted by Gasteiger charge is -2.22. The molecule has 0 unspecified atom stereocenters. The summed E-state index contributed by atoms with van der Waals surface area (Å²) in [6.45, 7) is 2.99. The molecule has 2 aromatic carbocycles. The van der Waals surface area contributed by atoms with Crippen LogP contribution >= 0.6 is 0 Å². The molecule has 2 atom stereocenters. The van der Waals surface area contributed by atoms with Crippen molar-refractivity contribution < 1.29 is 28.6 Å². The van der Waals surface area contributed by atoms with Gasteiger partial charge in [-0.05, 0) is 42.3 Å². The molecule has 0 bridgehead atoms. The summed E-state index contributed by atoms with van der Waals surface area (Å²) < 4.78 is 15.5. The van der Waals surface area contributed by atoms with Crippen molar-refractivity contribution in [3.05, 3.63) is 71.5 Å². The second-order valence-corrected chi connectivity index (χ2v) is 7.08. The first-order valence-electron chi connectivity index (χ1n) is 9.95. The van der Waals surface area contributed by atoms with Crippen LogP contribution in [0.5, 0.6) is 5.75 Å². The van der Waals surface area contributed by atoms with Crippen molar-refractivity contribution in [1.29, 1.82) is 0 Å². The minimum atomic E-state index is -0.761. The average molecular weight is 423 g/mol. The Balaban J connectivity index is 2.16. The number of fused-ring (bicyclic) bond motifs is 1. The van der Waals surface area contributed by atoms with Crippen LogP contribution in [0.3, 0.4) is 0 Å². The predicted molar refractivity (Wildman–Crippen MR) is 115 cm³/mol. The lowest BCUT2D eigenvalue weighted by Crippen LogP contribution is -2.27. The van der Waals surface area contributed by atoms with E-state index in [4.69, 9.17) is 14.2 Å². The van der Waals surface area contributed by atoms with Gasteiger partial charge < -0.3 is 19.1 Å². The Bertz CT molecular complexity index is 1010. The summed E-state index contributed by atoms with van der Waals surface area (Å²) in [5, 5.41) is 0. The van der Waals surface area contributed by atoms with Crippen molar-refractivity contribution >= 4 is 23.5 Å². The molecule has 0 N–H and O–H groups in total. The van der Waals surface area contributed by atoms with Gasteiger partial charge in [0.2, 0.25) is 11.7 Å². The molecule has 1 aliphatic rings. The van der Waals surface area contributed by atoms with Crippen molar-refractivity contribution in [2.75, 3.05) is 25.7 Å². The number of likely N-dealkylation sites (N-methyl/N-ethyl adjacent to an activating group) is 1. The van der Waals surface area contributed by atoms with Gasteiger partial charge in [-0.25, -0.2) is 4.79 Å². The number of nitrogens with zero attached hydrogens (tertiary/aromatic N) is 1. The standard InChI is InChI=1S/C24H25NO6/c1-5-30-24(28)21(31-15(2)26)14-19(16-10-12-17(29-4)13-11-16)22-18-8-6-7-9-20(18)25(3)23(22)27/h6-14,19,22H,5H2,1-4H3/b21-14-/t19-,22+/m0/s1. The highest BCUT2D eigenvalue weighted by atomic mass is 16.6. The van der Waals surface area contributed by atoms with E-state index in [1.807, 2.05) is 36.4 Å². The molecule has 2 aromatic rings. The highest BCUT2D eigenvalue weighted by molar-refractivity contribution is 6.05. The maximum absolute atomic E-state index is 13.2. The number of allylic oxidation sites excluding steroid dienone is 1. The van der Waals surface area contributed by atoms with E-state index in [1.54, 1.807) is 38.1 Å². The van der Waals surface area contributed by atoms with Gasteiger partial charge >= 0.3 is 11.9 Å². The fourth-order valence-corrected chi connectivity index (χ4v) is 3.74. The number of methoxy groups -OCH3 is 1. The van der Waals surface area contributed by atoms with E-state index in [1.165, 1.54) is 13.0 Å². The number of esters is 2. The number of hydrogen-bond donors (Lipinski definition) is 0. The van der Waals surface area contributed by atoms with Gasteiger partial charge in [-0.1, -0.05) is 30.3 Å². The van der Waals surface area contributed by atoms with Crippen molar-refractivity contribution in [2.24, 2.45) is 0 Å². The van der Waals surface area contributed by atoms with Crippen LogP contribution in [0, 0.1) is 0 Å². The van der Waals surface area contributed by atoms with Crippen LogP contribution in [0.2, 0.25) is 0 Å². The molecular weight excluding hydrogens is 398 g/mol. The van der Waals surface area contributed by atoms with Crippen molar-refractivity contribution in [2.45, 2.75) is 25.7 Å². The third-order valence-electron chi connectivity index (χ3n) is 5.15. The van der Waals surface area contributed by atoms with E-state index in [0.29, 0.717) is 5.75 Å². The molecule has 0 aromatic heterocycles. The zero-order valence-electron chi connectivity index (χ0n) is 18.0. The van der Waals surface area contributed by atoms with Crippen LogP contribution in [0.25, 0.3) is 0 Å². The van der Waals surface area contributed by atoms with Gasteiger partial charge in [-0.3, -0.25) is 9.59 Å². The molecule has 3 rings (SSSR count). The third kappa shape index (κ3) is 4.60. The minimum absolute atomic E-state index is 0.121. The molecule has 0 radical (unpaired) electrons. The van der Waals surface area contributed by atoms with Crippen LogP contribution in [0.15, 0.2) is 60.4 Å². The summed E-state index contributed by atoms with van der Waals surface area (Å²) in [6.07, 6.45) is 1.50. The Morgan fingerprint density at radius 1 is 1.13 bits per heavy atom. The Morgan fingerprint density at radius 3 is 2.42 bits per heavy atom. The molecule has 7 heteroatoms. The van der Waals surface area contributed by atoms with Crippen LogP contribution < -0.4 is 9.64 Å². The number of carbonyl (C=O) groups excluding carboxylic acids is 3. The average Bonchev–Trinajstić information content (AvgIpc) is 3.01. The smallest absolute Gasteiger partial charge is 0.374 e. The van der Waals surface area contributed by atoms with E-state index >= 15 is 0 Å². The molecular formula is C24H25NO6. The zero-order chi connectivity index (χ0) is 22.5. The Kier molecular flexibility index (Phi) is 6.74. The van der Waals surface area contributed by atoms with Crippen LogP contribution in [-0.4, -0.2) is 38.6 Å². The molecule has 0 aliphatic carbocycles. The van der Waals surface area contributed by atoms with E-state index < -0.39 is 23.8 Å². The number of hydrogen-bond acceptors (Lipinski definition) is 6. The van der Waals surface area contributed by atoms with Gasteiger partial charge in [0.25, 0.3) is 0 Å². The molecule has 7 nitrogen and oxygen atoms in total. The van der Waals surface area contributed by atoms with Crippen molar-refractivity contribution in [3.63, 3.8) is 0 Å². The molecule has 0 saturated carbocycles. The monoisotopic (exact) mass is 423 g/mol. The molecule has 0 spiro atoms. The summed E-state index contributed by atoms with van der Waals surface area (Å²) in [6, 6.07) is 14.7. The number of ether oxygens (including phenoxy) is 3. The molecule has 1 amide bonds. The van der Waals surface area contributed by atoms with Gasteiger partial charge in [-0.15, -0.1) is 0 Å². The molecule has 31 heavy (non-hydrogen) atoms. The number of rotatable bonds is 7. The second kappa shape index (κ2) is 9.47. The van der Waals surface area contributed by atoms with E-state index in [0.717, 1.165) is 16.8 Å². The van der Waals surface area contributed by atoms with E-state index in [-0.39, 0.29) is 18.3 Å². The van der Waals surface area contributed by atoms with Crippen molar-refractivity contribution in [3.8, 4) is 5.75 Å². The topological polar surface area (TPSA) is 82.1 Å².